The van der Waals surface area contributed by atoms with Gasteiger partial charge in [0.25, 0.3) is 0 Å². The van der Waals surface area contributed by atoms with E-state index >= 15 is 0 Å². The van der Waals surface area contributed by atoms with Crippen LogP contribution < -0.4 is 14.8 Å². The van der Waals surface area contributed by atoms with Gasteiger partial charge in [0.15, 0.2) is 11.5 Å². The summed E-state index contributed by atoms with van der Waals surface area (Å²) in [7, 11) is 1.68. The molecule has 0 unspecified atom stereocenters. The lowest BCUT2D eigenvalue weighted by molar-refractivity contribution is 0.282. The van der Waals surface area contributed by atoms with E-state index in [4.69, 9.17) is 9.47 Å². The number of halogens is 2. The SMILES string of the molecule is CCCCCCNCc1cc(Br)c(OCc2ccccc2)c(OC)c1.Cl. The van der Waals surface area contributed by atoms with Crippen LogP contribution in [-0.2, 0) is 13.2 Å². The third-order valence-electron chi connectivity index (χ3n) is 4.05. The van der Waals surface area contributed by atoms with E-state index in [0.29, 0.717) is 6.61 Å². The van der Waals surface area contributed by atoms with E-state index in [-0.39, 0.29) is 12.4 Å². The van der Waals surface area contributed by atoms with E-state index in [0.717, 1.165) is 34.6 Å². The molecule has 0 saturated heterocycles. The molecule has 0 atom stereocenters. The number of ether oxygens (including phenoxy) is 2. The minimum Gasteiger partial charge on any atom is -0.493 e. The van der Waals surface area contributed by atoms with Gasteiger partial charge in [-0.15, -0.1) is 12.4 Å². The van der Waals surface area contributed by atoms with Crippen LogP contribution in [0.3, 0.4) is 0 Å². The summed E-state index contributed by atoms with van der Waals surface area (Å²) in [6, 6.07) is 14.3. The number of nitrogens with one attached hydrogen (secondary N) is 1. The summed E-state index contributed by atoms with van der Waals surface area (Å²) in [6.45, 7) is 4.63. The Balaban J connectivity index is 0.00000338. The van der Waals surface area contributed by atoms with Crippen LogP contribution in [0, 0.1) is 0 Å². The number of rotatable bonds is 11. The lowest BCUT2D eigenvalue weighted by Gasteiger charge is -2.15. The fourth-order valence-corrected chi connectivity index (χ4v) is 3.26. The average molecular weight is 443 g/mol. The van der Waals surface area contributed by atoms with E-state index in [1.807, 2.05) is 24.3 Å². The molecule has 0 amide bonds. The first-order valence-corrected chi connectivity index (χ1v) is 9.77. The molecule has 0 radical (unpaired) electrons. The van der Waals surface area contributed by atoms with E-state index in [1.54, 1.807) is 7.11 Å². The molecule has 0 saturated carbocycles. The predicted octanol–water partition coefficient (Wildman–Crippen LogP) is 6.13. The first-order valence-electron chi connectivity index (χ1n) is 8.98. The van der Waals surface area contributed by atoms with Crippen LogP contribution in [0.4, 0.5) is 0 Å². The highest BCUT2D eigenvalue weighted by molar-refractivity contribution is 9.10. The average Bonchev–Trinajstić information content (AvgIpc) is 2.64. The molecule has 0 bridgehead atoms. The van der Waals surface area contributed by atoms with Crippen molar-refractivity contribution in [1.29, 1.82) is 0 Å². The van der Waals surface area contributed by atoms with E-state index in [9.17, 15) is 0 Å². The maximum Gasteiger partial charge on any atom is 0.175 e. The Morgan fingerprint density at radius 1 is 1.00 bits per heavy atom. The Labute approximate surface area is 172 Å². The Bertz CT molecular complexity index is 637. The molecule has 26 heavy (non-hydrogen) atoms. The van der Waals surface area contributed by atoms with Gasteiger partial charge in [-0.25, -0.2) is 0 Å². The van der Waals surface area contributed by atoms with Crippen LogP contribution in [0.5, 0.6) is 11.5 Å². The molecule has 5 heteroatoms. The molecule has 2 rings (SSSR count). The maximum atomic E-state index is 5.98. The van der Waals surface area contributed by atoms with Gasteiger partial charge in [-0.05, 0) is 52.2 Å². The summed E-state index contributed by atoms with van der Waals surface area (Å²) >= 11 is 3.62. The van der Waals surface area contributed by atoms with Crippen molar-refractivity contribution in [3.05, 3.63) is 58.1 Å². The number of methoxy groups -OCH3 is 1. The Morgan fingerprint density at radius 2 is 1.77 bits per heavy atom. The number of hydrogen-bond donors (Lipinski definition) is 1. The number of benzene rings is 2. The third-order valence-corrected chi connectivity index (χ3v) is 4.64. The summed E-state index contributed by atoms with van der Waals surface area (Å²) in [5.74, 6) is 1.51. The number of unbranched alkanes of at least 4 members (excludes halogenated alkanes) is 3. The largest absolute Gasteiger partial charge is 0.493 e. The second kappa shape index (κ2) is 13.0. The van der Waals surface area contributed by atoms with E-state index < -0.39 is 0 Å². The predicted molar refractivity (Wildman–Crippen MR) is 115 cm³/mol. The van der Waals surface area contributed by atoms with Crippen LogP contribution in [0.1, 0.15) is 43.7 Å². The summed E-state index contributed by atoms with van der Waals surface area (Å²) in [5.41, 5.74) is 2.32. The molecule has 144 valence electrons. The molecule has 2 aromatic rings. The highest BCUT2D eigenvalue weighted by atomic mass is 79.9. The lowest BCUT2D eigenvalue weighted by Crippen LogP contribution is -2.14. The molecule has 0 heterocycles. The molecule has 0 aliphatic carbocycles. The van der Waals surface area contributed by atoms with Gasteiger partial charge in [-0.1, -0.05) is 56.5 Å². The molecule has 3 nitrogen and oxygen atoms in total. The summed E-state index contributed by atoms with van der Waals surface area (Å²) in [5, 5.41) is 3.50. The molecular formula is C21H29BrClNO2. The van der Waals surface area contributed by atoms with Gasteiger partial charge in [0, 0.05) is 6.54 Å². The summed E-state index contributed by atoms with van der Waals surface area (Å²) in [6.07, 6.45) is 5.11. The molecular weight excluding hydrogens is 414 g/mol. The van der Waals surface area contributed by atoms with Gasteiger partial charge in [0.2, 0.25) is 0 Å². The topological polar surface area (TPSA) is 30.5 Å². The Kier molecular flexibility index (Phi) is 11.4. The quantitative estimate of drug-likeness (QED) is 0.425. The minimum atomic E-state index is 0. The van der Waals surface area contributed by atoms with E-state index in [2.05, 4.69) is 46.4 Å². The normalized spacial score (nSPS) is 10.3. The van der Waals surface area contributed by atoms with Crippen molar-refractivity contribution in [3.63, 3.8) is 0 Å². The molecule has 0 aliphatic heterocycles. The smallest absolute Gasteiger partial charge is 0.175 e. The number of hydrogen-bond acceptors (Lipinski definition) is 3. The summed E-state index contributed by atoms with van der Waals surface area (Å²) < 4.78 is 12.4. The monoisotopic (exact) mass is 441 g/mol. The Hall–Kier alpha value is -1.23. The highest BCUT2D eigenvalue weighted by Gasteiger charge is 2.12. The first kappa shape index (κ1) is 22.8. The van der Waals surface area contributed by atoms with Crippen molar-refractivity contribution in [2.24, 2.45) is 0 Å². The standard InChI is InChI=1S/C21H28BrNO2.ClH/c1-3-4-5-9-12-23-15-18-13-19(22)21(20(14-18)24-2)25-16-17-10-7-6-8-11-17;/h6-8,10-11,13-14,23H,3-5,9,12,15-16H2,1-2H3;1H. The van der Waals surface area contributed by atoms with Gasteiger partial charge in [0.1, 0.15) is 6.61 Å². The molecule has 1 N–H and O–H groups in total. The van der Waals surface area contributed by atoms with Crippen molar-refractivity contribution in [3.8, 4) is 11.5 Å². The zero-order valence-electron chi connectivity index (χ0n) is 15.6. The minimum absolute atomic E-state index is 0. The fourth-order valence-electron chi connectivity index (χ4n) is 2.65. The van der Waals surface area contributed by atoms with Gasteiger partial charge in [0.05, 0.1) is 11.6 Å². The van der Waals surface area contributed by atoms with Crippen molar-refractivity contribution in [2.75, 3.05) is 13.7 Å². The van der Waals surface area contributed by atoms with Crippen molar-refractivity contribution < 1.29 is 9.47 Å². The van der Waals surface area contributed by atoms with Gasteiger partial charge >= 0.3 is 0 Å². The van der Waals surface area contributed by atoms with Crippen molar-refractivity contribution >= 4 is 28.3 Å². The van der Waals surface area contributed by atoms with Gasteiger partial charge < -0.3 is 14.8 Å². The van der Waals surface area contributed by atoms with Gasteiger partial charge in [-0.2, -0.15) is 0 Å². The third kappa shape index (κ3) is 7.56. The van der Waals surface area contributed by atoms with Gasteiger partial charge in [-0.3, -0.25) is 0 Å². The second-order valence-corrected chi connectivity index (χ2v) is 6.98. The molecule has 2 aromatic carbocycles. The first-order chi connectivity index (χ1) is 12.2. The highest BCUT2D eigenvalue weighted by Crippen LogP contribution is 2.37. The molecule has 0 aliphatic rings. The Morgan fingerprint density at radius 3 is 2.46 bits per heavy atom. The summed E-state index contributed by atoms with van der Waals surface area (Å²) in [4.78, 5) is 0. The van der Waals surface area contributed by atoms with Crippen LogP contribution in [0.15, 0.2) is 46.9 Å². The van der Waals surface area contributed by atoms with E-state index in [1.165, 1.54) is 31.2 Å². The lowest BCUT2D eigenvalue weighted by atomic mass is 10.2. The second-order valence-electron chi connectivity index (χ2n) is 6.12. The molecule has 0 spiro atoms. The van der Waals surface area contributed by atoms with Crippen molar-refractivity contribution in [1.82, 2.24) is 5.32 Å². The van der Waals surface area contributed by atoms with Crippen molar-refractivity contribution in [2.45, 2.75) is 45.8 Å². The van der Waals surface area contributed by atoms with Crippen LogP contribution in [-0.4, -0.2) is 13.7 Å². The van der Waals surface area contributed by atoms with Crippen LogP contribution in [0.2, 0.25) is 0 Å². The fraction of sp³-hybridized carbons (Fsp3) is 0.429. The maximum absolute atomic E-state index is 5.98. The molecule has 0 aromatic heterocycles. The van der Waals surface area contributed by atoms with Crippen LogP contribution >= 0.6 is 28.3 Å². The zero-order valence-corrected chi connectivity index (χ0v) is 18.0. The van der Waals surface area contributed by atoms with Crippen LogP contribution in [0.25, 0.3) is 0 Å². The zero-order chi connectivity index (χ0) is 17.9. The molecule has 0 fully saturated rings.